The van der Waals surface area contributed by atoms with Gasteiger partial charge in [-0.2, -0.15) is 0 Å². The average molecular weight is 455 g/mol. The molecule has 0 spiro atoms. The lowest BCUT2D eigenvalue weighted by molar-refractivity contribution is -0.131. The molecule has 0 aliphatic carbocycles. The molecule has 10 heteroatoms. The first-order valence-corrected chi connectivity index (χ1v) is 11.4. The van der Waals surface area contributed by atoms with E-state index in [2.05, 4.69) is 19.6 Å². The summed E-state index contributed by atoms with van der Waals surface area (Å²) in [5, 5.41) is 0. The first kappa shape index (κ1) is 28.2. The lowest BCUT2D eigenvalue weighted by Gasteiger charge is -2.31. The molecule has 0 saturated carbocycles. The Morgan fingerprint density at radius 1 is 0.594 bits per heavy atom. The van der Waals surface area contributed by atoms with Gasteiger partial charge in [-0.3, -0.25) is 29.2 Å². The Balaban J connectivity index is 2.91. The van der Waals surface area contributed by atoms with Crippen LogP contribution >= 0.6 is 0 Å². The van der Waals surface area contributed by atoms with Crippen LogP contribution in [0.25, 0.3) is 0 Å². The summed E-state index contributed by atoms with van der Waals surface area (Å²) >= 11 is 0. The van der Waals surface area contributed by atoms with E-state index >= 15 is 0 Å². The van der Waals surface area contributed by atoms with Crippen LogP contribution in [0.1, 0.15) is 12.8 Å². The number of rotatable bonds is 8. The predicted molar refractivity (Wildman–Crippen MR) is 125 cm³/mol. The third-order valence-corrected chi connectivity index (χ3v) is 5.74. The Morgan fingerprint density at radius 2 is 0.906 bits per heavy atom. The van der Waals surface area contributed by atoms with E-state index in [-0.39, 0.29) is 11.8 Å². The summed E-state index contributed by atoms with van der Waals surface area (Å²) in [6.07, 6.45) is 3.50. The van der Waals surface area contributed by atoms with Crippen molar-refractivity contribution in [3.8, 4) is 0 Å². The molecular weight excluding hydrogens is 412 g/mol. The molecule has 0 bridgehead atoms. The minimum atomic E-state index is 0.0521. The Labute approximate surface area is 193 Å². The molecule has 0 N–H and O–H groups in total. The molecule has 1 saturated heterocycles. The molecule has 184 valence electrons. The number of hydrogen-bond acceptors (Lipinski definition) is 8. The highest BCUT2D eigenvalue weighted by Gasteiger charge is 2.18. The van der Waals surface area contributed by atoms with Gasteiger partial charge in [-0.05, 0) is 39.0 Å². The molecule has 0 atom stereocenters. The summed E-state index contributed by atoms with van der Waals surface area (Å²) in [6.45, 7) is 7.19. The van der Waals surface area contributed by atoms with Crippen molar-refractivity contribution in [2.45, 2.75) is 12.8 Å². The second-order valence-electron chi connectivity index (χ2n) is 8.77. The SMILES string of the molecule is CN(C)C(=O)CN1CCCN(CC=O)CCN(CC=O)CCCN(CC(=O)N(C)C)CC1. The molecule has 0 aromatic heterocycles. The van der Waals surface area contributed by atoms with Gasteiger partial charge in [-0.15, -0.1) is 0 Å². The number of carbonyl (C=O) groups excluding carboxylic acids is 4. The van der Waals surface area contributed by atoms with Crippen LogP contribution in [0.3, 0.4) is 0 Å². The summed E-state index contributed by atoms with van der Waals surface area (Å²) < 4.78 is 0. The minimum absolute atomic E-state index is 0.0521. The topological polar surface area (TPSA) is 87.7 Å². The molecule has 0 radical (unpaired) electrons. The van der Waals surface area contributed by atoms with Gasteiger partial charge in [-0.25, -0.2) is 0 Å². The van der Waals surface area contributed by atoms with Crippen molar-refractivity contribution in [1.82, 2.24) is 29.4 Å². The van der Waals surface area contributed by atoms with E-state index in [0.29, 0.717) is 52.4 Å². The highest BCUT2D eigenvalue weighted by atomic mass is 16.2. The number of aldehydes is 2. The quantitative estimate of drug-likeness (QED) is 0.412. The fourth-order valence-corrected chi connectivity index (χ4v) is 3.61. The number of likely N-dealkylation sites (N-methyl/N-ethyl adjacent to an activating group) is 2. The van der Waals surface area contributed by atoms with Crippen molar-refractivity contribution in [2.24, 2.45) is 0 Å². The van der Waals surface area contributed by atoms with E-state index in [1.807, 2.05) is 0 Å². The standard InChI is InChI=1S/C22H42N6O4/c1-23(2)21(31)19-27-9-5-7-25(15-17-29)11-12-26(16-18-30)8-6-10-28(14-13-27)20-22(32)24(3)4/h17-18H,5-16,19-20H2,1-4H3. The van der Waals surface area contributed by atoms with Crippen LogP contribution in [-0.4, -0.2) is 161 Å². The maximum absolute atomic E-state index is 12.3. The normalized spacial score (nSPS) is 19.1. The average Bonchev–Trinajstić information content (AvgIpc) is 2.74. The number of carbonyl (C=O) groups is 4. The smallest absolute Gasteiger partial charge is 0.236 e. The molecule has 1 aliphatic heterocycles. The van der Waals surface area contributed by atoms with Crippen molar-refractivity contribution in [3.05, 3.63) is 0 Å². The summed E-state index contributed by atoms with van der Waals surface area (Å²) in [5.41, 5.74) is 0. The van der Waals surface area contributed by atoms with Crippen molar-refractivity contribution < 1.29 is 19.2 Å². The molecule has 0 aromatic carbocycles. The van der Waals surface area contributed by atoms with Crippen LogP contribution in [-0.2, 0) is 19.2 Å². The summed E-state index contributed by atoms with van der Waals surface area (Å²) in [7, 11) is 7.02. The molecule has 1 aliphatic rings. The van der Waals surface area contributed by atoms with Gasteiger partial charge in [-0.1, -0.05) is 0 Å². The Hall–Kier alpha value is -1.88. The zero-order valence-electron chi connectivity index (χ0n) is 20.4. The first-order valence-electron chi connectivity index (χ1n) is 11.4. The highest BCUT2D eigenvalue weighted by molar-refractivity contribution is 5.78. The maximum Gasteiger partial charge on any atom is 0.236 e. The first-order chi connectivity index (χ1) is 15.3. The van der Waals surface area contributed by atoms with Gasteiger partial charge in [0, 0.05) is 54.4 Å². The van der Waals surface area contributed by atoms with Crippen molar-refractivity contribution >= 4 is 24.4 Å². The van der Waals surface area contributed by atoms with Crippen molar-refractivity contribution in [2.75, 3.05) is 107 Å². The van der Waals surface area contributed by atoms with Crippen LogP contribution in [0, 0.1) is 0 Å². The number of nitrogens with zero attached hydrogens (tertiary/aromatic N) is 6. The van der Waals surface area contributed by atoms with Gasteiger partial charge < -0.3 is 19.4 Å². The molecule has 1 heterocycles. The molecule has 10 nitrogen and oxygen atoms in total. The predicted octanol–water partition coefficient (Wildman–Crippen LogP) is -1.44. The fourth-order valence-electron chi connectivity index (χ4n) is 3.61. The van der Waals surface area contributed by atoms with E-state index in [0.717, 1.165) is 51.6 Å². The molecular formula is C22H42N6O4. The summed E-state index contributed by atoms with van der Waals surface area (Å²) in [5.74, 6) is 0.104. The van der Waals surface area contributed by atoms with Crippen LogP contribution < -0.4 is 0 Å². The van der Waals surface area contributed by atoms with Gasteiger partial charge in [0.25, 0.3) is 0 Å². The van der Waals surface area contributed by atoms with Crippen LogP contribution in [0.4, 0.5) is 0 Å². The second kappa shape index (κ2) is 15.8. The number of hydrogen-bond donors (Lipinski definition) is 0. The van der Waals surface area contributed by atoms with Gasteiger partial charge in [0.2, 0.25) is 11.8 Å². The van der Waals surface area contributed by atoms with Gasteiger partial charge in [0.1, 0.15) is 12.6 Å². The molecule has 0 aromatic rings. The zero-order valence-corrected chi connectivity index (χ0v) is 20.4. The van der Waals surface area contributed by atoms with Crippen LogP contribution in [0.5, 0.6) is 0 Å². The third-order valence-electron chi connectivity index (χ3n) is 5.74. The zero-order chi connectivity index (χ0) is 23.9. The molecule has 1 fully saturated rings. The lowest BCUT2D eigenvalue weighted by Crippen LogP contribution is -2.46. The maximum atomic E-state index is 12.3. The molecule has 2 amide bonds. The molecule has 1 rings (SSSR count). The molecule has 32 heavy (non-hydrogen) atoms. The second-order valence-corrected chi connectivity index (χ2v) is 8.77. The van der Waals surface area contributed by atoms with Crippen LogP contribution in [0.2, 0.25) is 0 Å². The third kappa shape index (κ3) is 11.7. The summed E-state index contributed by atoms with van der Waals surface area (Å²) in [4.78, 5) is 58.5. The van der Waals surface area contributed by atoms with Crippen molar-refractivity contribution in [1.29, 1.82) is 0 Å². The fraction of sp³-hybridized carbons (Fsp3) is 0.818. The highest BCUT2D eigenvalue weighted by Crippen LogP contribution is 2.03. The van der Waals surface area contributed by atoms with E-state index in [4.69, 9.17) is 0 Å². The van der Waals surface area contributed by atoms with E-state index in [1.165, 1.54) is 0 Å². The van der Waals surface area contributed by atoms with Crippen LogP contribution in [0.15, 0.2) is 0 Å². The van der Waals surface area contributed by atoms with E-state index in [1.54, 1.807) is 38.0 Å². The Kier molecular flexibility index (Phi) is 13.9. The Morgan fingerprint density at radius 3 is 1.22 bits per heavy atom. The lowest BCUT2D eigenvalue weighted by atomic mass is 10.2. The largest absolute Gasteiger partial charge is 0.348 e. The molecule has 0 unspecified atom stereocenters. The summed E-state index contributed by atoms with van der Waals surface area (Å²) in [6, 6.07) is 0. The van der Waals surface area contributed by atoms with Crippen molar-refractivity contribution in [3.63, 3.8) is 0 Å². The van der Waals surface area contributed by atoms with Gasteiger partial charge in [0.05, 0.1) is 26.2 Å². The van der Waals surface area contributed by atoms with E-state index in [9.17, 15) is 19.2 Å². The Bertz CT molecular complexity index is 537. The number of amides is 2. The monoisotopic (exact) mass is 454 g/mol. The van der Waals surface area contributed by atoms with Gasteiger partial charge in [0.15, 0.2) is 0 Å². The minimum Gasteiger partial charge on any atom is -0.348 e. The van der Waals surface area contributed by atoms with E-state index < -0.39 is 0 Å². The van der Waals surface area contributed by atoms with Gasteiger partial charge >= 0.3 is 0 Å².